The van der Waals surface area contributed by atoms with E-state index in [2.05, 4.69) is 4.74 Å². The van der Waals surface area contributed by atoms with Crippen LogP contribution in [0.4, 0.5) is 13.2 Å². The van der Waals surface area contributed by atoms with Crippen molar-refractivity contribution in [3.8, 4) is 0 Å². The molecular weight excluding hydrogens is 329 g/mol. The fraction of sp³-hybridized carbons (Fsp3) is 0.850. The molecule has 0 bridgehead atoms. The van der Waals surface area contributed by atoms with Gasteiger partial charge < -0.3 is 4.74 Å². The van der Waals surface area contributed by atoms with Crippen molar-refractivity contribution in [2.75, 3.05) is 6.61 Å². The maximum Gasteiger partial charge on any atom is 0.395 e. The van der Waals surface area contributed by atoms with Crippen LogP contribution in [0.15, 0.2) is 12.2 Å². The third kappa shape index (κ3) is 7.02. The summed E-state index contributed by atoms with van der Waals surface area (Å²) in [4.78, 5) is 10.7. The molecule has 2 fully saturated rings. The number of carbonyl (C=O) groups excluding carboxylic acids is 1. The van der Waals surface area contributed by atoms with Gasteiger partial charge in [-0.05, 0) is 49.9 Å². The Morgan fingerprint density at radius 2 is 1.64 bits per heavy atom. The molecule has 0 spiro atoms. The topological polar surface area (TPSA) is 26.3 Å². The van der Waals surface area contributed by atoms with Crippen LogP contribution in [0.5, 0.6) is 0 Å². The van der Waals surface area contributed by atoms with Gasteiger partial charge in [-0.25, -0.2) is 0 Å². The van der Waals surface area contributed by atoms with E-state index in [1.807, 2.05) is 6.08 Å². The summed E-state index contributed by atoms with van der Waals surface area (Å²) in [5, 5.41) is 0. The van der Waals surface area contributed by atoms with Crippen LogP contribution in [0, 0.1) is 23.7 Å². The zero-order valence-corrected chi connectivity index (χ0v) is 15.2. The van der Waals surface area contributed by atoms with Gasteiger partial charge in [-0.3, -0.25) is 4.79 Å². The molecule has 0 radical (unpaired) electrons. The van der Waals surface area contributed by atoms with Crippen molar-refractivity contribution >= 4 is 5.97 Å². The van der Waals surface area contributed by atoms with Crippen LogP contribution in [0.3, 0.4) is 0 Å². The van der Waals surface area contributed by atoms with E-state index in [1.165, 1.54) is 44.9 Å². The van der Waals surface area contributed by atoms with Gasteiger partial charge in [0.1, 0.15) is 6.61 Å². The van der Waals surface area contributed by atoms with Crippen LogP contribution < -0.4 is 0 Å². The molecule has 2 rings (SSSR count). The molecule has 2 aliphatic carbocycles. The summed E-state index contributed by atoms with van der Waals surface area (Å²) >= 11 is 0. The van der Waals surface area contributed by atoms with Gasteiger partial charge in [0.05, 0.1) is 5.92 Å². The van der Waals surface area contributed by atoms with Crippen LogP contribution in [0.25, 0.3) is 0 Å². The van der Waals surface area contributed by atoms with Crippen molar-refractivity contribution in [3.05, 3.63) is 12.2 Å². The molecule has 2 nitrogen and oxygen atoms in total. The van der Waals surface area contributed by atoms with E-state index in [9.17, 15) is 18.0 Å². The highest BCUT2D eigenvalue weighted by molar-refractivity contribution is 5.65. The number of halogens is 3. The van der Waals surface area contributed by atoms with Gasteiger partial charge in [0.2, 0.25) is 0 Å². The first-order chi connectivity index (χ1) is 11.9. The SMILES string of the molecule is CC(=O)OCC(CC=CC1CCC(C2CCCCC2)CC1)C(F)(F)F. The lowest BCUT2D eigenvalue weighted by molar-refractivity contribution is -0.189. The minimum Gasteiger partial charge on any atom is -0.465 e. The molecule has 0 N–H and O–H groups in total. The van der Waals surface area contributed by atoms with Crippen molar-refractivity contribution in [3.63, 3.8) is 0 Å². The highest BCUT2D eigenvalue weighted by Gasteiger charge is 2.39. The molecule has 144 valence electrons. The van der Waals surface area contributed by atoms with E-state index in [0.29, 0.717) is 5.92 Å². The minimum absolute atomic E-state index is 0.112. The van der Waals surface area contributed by atoms with Gasteiger partial charge in [-0.1, -0.05) is 44.3 Å². The van der Waals surface area contributed by atoms with Crippen LogP contribution in [-0.2, 0) is 9.53 Å². The van der Waals surface area contributed by atoms with E-state index in [4.69, 9.17) is 0 Å². The van der Waals surface area contributed by atoms with E-state index < -0.39 is 24.7 Å². The number of alkyl halides is 3. The van der Waals surface area contributed by atoms with E-state index in [1.54, 1.807) is 6.08 Å². The van der Waals surface area contributed by atoms with Gasteiger partial charge in [0.25, 0.3) is 0 Å². The summed E-state index contributed by atoms with van der Waals surface area (Å²) in [5.41, 5.74) is 0. The standard InChI is InChI=1S/C20H31F3O2/c1-15(24)25-14-19(20(21,22)23)9-5-6-16-10-12-18(13-11-16)17-7-3-2-4-8-17/h5-6,16-19H,2-4,7-14H2,1H3. The lowest BCUT2D eigenvalue weighted by atomic mass is 9.71. The van der Waals surface area contributed by atoms with Crippen molar-refractivity contribution in [1.29, 1.82) is 0 Å². The summed E-state index contributed by atoms with van der Waals surface area (Å²) in [6.45, 7) is 0.547. The number of esters is 1. The fourth-order valence-corrected chi connectivity index (χ4v) is 4.36. The van der Waals surface area contributed by atoms with Crippen molar-refractivity contribution in [2.45, 2.75) is 77.3 Å². The van der Waals surface area contributed by atoms with Gasteiger partial charge in [0, 0.05) is 6.92 Å². The van der Waals surface area contributed by atoms with E-state index >= 15 is 0 Å². The predicted molar refractivity (Wildman–Crippen MR) is 92.0 cm³/mol. The van der Waals surface area contributed by atoms with Crippen LogP contribution in [-0.4, -0.2) is 18.8 Å². The molecule has 0 heterocycles. The fourth-order valence-electron chi connectivity index (χ4n) is 4.36. The maximum absolute atomic E-state index is 13.0. The van der Waals surface area contributed by atoms with Gasteiger partial charge in [-0.2, -0.15) is 13.2 Å². The van der Waals surface area contributed by atoms with Crippen molar-refractivity contribution in [1.82, 2.24) is 0 Å². The van der Waals surface area contributed by atoms with Crippen molar-refractivity contribution < 1.29 is 22.7 Å². The maximum atomic E-state index is 13.0. The first-order valence-electron chi connectivity index (χ1n) is 9.73. The molecule has 25 heavy (non-hydrogen) atoms. The lowest BCUT2D eigenvalue weighted by Gasteiger charge is -2.35. The molecule has 2 saturated carbocycles. The molecule has 1 unspecified atom stereocenters. The number of ether oxygens (including phenoxy) is 1. The third-order valence-electron chi connectivity index (χ3n) is 5.91. The first kappa shape index (κ1) is 20.3. The monoisotopic (exact) mass is 360 g/mol. The summed E-state index contributed by atoms with van der Waals surface area (Å²) in [6, 6.07) is 0. The normalized spacial score (nSPS) is 27.4. The summed E-state index contributed by atoms with van der Waals surface area (Å²) < 4.78 is 43.5. The smallest absolute Gasteiger partial charge is 0.395 e. The van der Waals surface area contributed by atoms with Gasteiger partial charge >= 0.3 is 12.1 Å². The van der Waals surface area contributed by atoms with Crippen LogP contribution >= 0.6 is 0 Å². The van der Waals surface area contributed by atoms with Crippen LogP contribution in [0.2, 0.25) is 0 Å². The van der Waals surface area contributed by atoms with Crippen molar-refractivity contribution in [2.24, 2.45) is 23.7 Å². The number of rotatable bonds is 6. The molecule has 0 amide bonds. The average molecular weight is 360 g/mol. The molecule has 1 atom stereocenters. The molecule has 5 heteroatoms. The number of carbonyl (C=O) groups is 1. The Morgan fingerprint density at radius 1 is 1.04 bits per heavy atom. The Kier molecular flexibility index (Phi) is 7.82. The number of allylic oxidation sites excluding steroid dienone is 2. The average Bonchev–Trinajstić information content (AvgIpc) is 2.58. The molecular formula is C20H31F3O2. The third-order valence-corrected chi connectivity index (χ3v) is 5.91. The Morgan fingerprint density at radius 3 is 2.20 bits per heavy atom. The second kappa shape index (κ2) is 9.63. The van der Waals surface area contributed by atoms with Gasteiger partial charge in [0.15, 0.2) is 0 Å². The molecule has 0 saturated heterocycles. The Balaban J connectivity index is 1.74. The summed E-state index contributed by atoms with van der Waals surface area (Å²) in [7, 11) is 0. The zero-order valence-electron chi connectivity index (χ0n) is 15.2. The summed E-state index contributed by atoms with van der Waals surface area (Å²) in [6.07, 6.45) is 10.6. The highest BCUT2D eigenvalue weighted by atomic mass is 19.4. The molecule has 2 aliphatic rings. The Hall–Kier alpha value is -1.00. The van der Waals surface area contributed by atoms with E-state index in [0.717, 1.165) is 31.6 Å². The second-order valence-corrected chi connectivity index (χ2v) is 7.78. The van der Waals surface area contributed by atoms with Crippen LogP contribution in [0.1, 0.15) is 71.1 Å². The Labute approximate surface area is 149 Å². The highest BCUT2D eigenvalue weighted by Crippen LogP contribution is 2.40. The lowest BCUT2D eigenvalue weighted by Crippen LogP contribution is -2.28. The zero-order chi connectivity index (χ0) is 18.3. The molecule has 0 aliphatic heterocycles. The number of hydrogen-bond acceptors (Lipinski definition) is 2. The Bertz CT molecular complexity index is 431. The number of hydrogen-bond donors (Lipinski definition) is 0. The molecule has 0 aromatic carbocycles. The summed E-state index contributed by atoms with van der Waals surface area (Å²) in [5.74, 6) is -0.151. The van der Waals surface area contributed by atoms with E-state index in [-0.39, 0.29) is 6.42 Å². The van der Waals surface area contributed by atoms with Gasteiger partial charge in [-0.15, -0.1) is 0 Å². The predicted octanol–water partition coefficient (Wildman–Crippen LogP) is 6.06. The molecule has 0 aromatic rings. The minimum atomic E-state index is -4.33. The first-order valence-corrected chi connectivity index (χ1v) is 9.73. The quantitative estimate of drug-likeness (QED) is 0.425. The second-order valence-electron chi connectivity index (χ2n) is 7.78. The molecule has 0 aromatic heterocycles. The largest absolute Gasteiger partial charge is 0.465 e.